The molecular formula is C17H20O6. The number of esters is 2. The highest BCUT2D eigenvalue weighted by Gasteiger charge is 2.38. The molecule has 0 bridgehead atoms. The molecule has 23 heavy (non-hydrogen) atoms. The van der Waals surface area contributed by atoms with Gasteiger partial charge < -0.3 is 14.2 Å². The van der Waals surface area contributed by atoms with Crippen LogP contribution >= 0.6 is 0 Å². The minimum absolute atomic E-state index is 0.00801. The summed E-state index contributed by atoms with van der Waals surface area (Å²) in [5.74, 6) is -3.45. The molecule has 0 aliphatic heterocycles. The lowest BCUT2D eigenvalue weighted by Gasteiger charge is -2.25. The highest BCUT2D eigenvalue weighted by atomic mass is 16.5. The molecule has 6 heteroatoms. The summed E-state index contributed by atoms with van der Waals surface area (Å²) < 4.78 is 14.5. The lowest BCUT2D eigenvalue weighted by molar-refractivity contribution is -0.149. The maximum atomic E-state index is 12.1. The molecule has 0 aromatic heterocycles. The van der Waals surface area contributed by atoms with E-state index in [1.165, 1.54) is 28.3 Å². The van der Waals surface area contributed by atoms with E-state index in [2.05, 4.69) is 11.3 Å². The molecule has 0 amide bonds. The average Bonchev–Trinajstić information content (AvgIpc) is 2.57. The topological polar surface area (TPSA) is 78.9 Å². The minimum atomic E-state index is -1.20. The second kappa shape index (κ2) is 8.12. The number of ketones is 1. The van der Waals surface area contributed by atoms with Gasteiger partial charge in [0.15, 0.2) is 0 Å². The molecule has 0 aliphatic rings. The lowest BCUT2D eigenvalue weighted by atomic mass is 9.79. The Hall–Kier alpha value is -2.63. The summed E-state index contributed by atoms with van der Waals surface area (Å²) >= 11 is 0. The number of hydrogen-bond donors (Lipinski definition) is 0. The molecule has 0 heterocycles. The van der Waals surface area contributed by atoms with Crippen molar-refractivity contribution in [2.45, 2.75) is 12.8 Å². The van der Waals surface area contributed by atoms with E-state index < -0.39 is 29.6 Å². The van der Waals surface area contributed by atoms with Crippen LogP contribution in [0.5, 0.6) is 5.75 Å². The van der Waals surface area contributed by atoms with Crippen molar-refractivity contribution in [3.05, 3.63) is 42.0 Å². The van der Waals surface area contributed by atoms with Gasteiger partial charge in [-0.05, 0) is 24.6 Å². The third-order valence-electron chi connectivity index (χ3n) is 3.50. The summed E-state index contributed by atoms with van der Waals surface area (Å²) in [7, 11) is 3.88. The van der Waals surface area contributed by atoms with E-state index in [-0.39, 0.29) is 5.57 Å². The molecular weight excluding hydrogens is 300 g/mol. The zero-order chi connectivity index (χ0) is 17.6. The third kappa shape index (κ3) is 4.18. The van der Waals surface area contributed by atoms with Gasteiger partial charge >= 0.3 is 11.9 Å². The van der Waals surface area contributed by atoms with Crippen LogP contribution in [-0.4, -0.2) is 39.1 Å². The number of carbonyl (C=O) groups is 3. The molecule has 0 N–H and O–H groups in total. The Balaban J connectivity index is 3.46. The summed E-state index contributed by atoms with van der Waals surface area (Å²) in [6, 6.07) is 6.72. The predicted octanol–water partition coefficient (Wildman–Crippen LogP) is 1.89. The van der Waals surface area contributed by atoms with Crippen molar-refractivity contribution in [2.24, 2.45) is 5.92 Å². The van der Waals surface area contributed by atoms with Crippen molar-refractivity contribution in [2.75, 3.05) is 21.3 Å². The highest BCUT2D eigenvalue weighted by Crippen LogP contribution is 2.35. The predicted molar refractivity (Wildman–Crippen MR) is 83.1 cm³/mol. The Morgan fingerprint density at radius 1 is 1.09 bits per heavy atom. The van der Waals surface area contributed by atoms with Crippen molar-refractivity contribution in [1.29, 1.82) is 0 Å². The van der Waals surface area contributed by atoms with Crippen molar-refractivity contribution < 1.29 is 28.6 Å². The van der Waals surface area contributed by atoms with Gasteiger partial charge in [0.2, 0.25) is 0 Å². The maximum Gasteiger partial charge on any atom is 0.333 e. The first-order valence-corrected chi connectivity index (χ1v) is 6.86. The molecule has 2 atom stereocenters. The Bertz CT molecular complexity index is 619. The molecule has 0 aliphatic carbocycles. The van der Waals surface area contributed by atoms with Crippen LogP contribution in [0.25, 0.3) is 0 Å². The molecule has 124 valence electrons. The van der Waals surface area contributed by atoms with Crippen molar-refractivity contribution in [3.63, 3.8) is 0 Å². The van der Waals surface area contributed by atoms with Crippen LogP contribution in [0.15, 0.2) is 36.4 Å². The standard InChI is InChI=1S/C17H20O6/c1-10(16(19)22-4)14(15(11(2)18)17(20)23-5)12-7-6-8-13(9-12)21-3/h6-9,14-15H,1H2,2-5H3. The maximum absolute atomic E-state index is 12.1. The number of methoxy groups -OCH3 is 3. The van der Waals surface area contributed by atoms with Gasteiger partial charge in [-0.2, -0.15) is 0 Å². The quantitative estimate of drug-likeness (QED) is 0.434. The van der Waals surface area contributed by atoms with Crippen LogP contribution in [-0.2, 0) is 23.9 Å². The number of benzene rings is 1. The number of ether oxygens (including phenoxy) is 3. The average molecular weight is 320 g/mol. The Kier molecular flexibility index (Phi) is 6.50. The van der Waals surface area contributed by atoms with Gasteiger partial charge in [0.1, 0.15) is 17.5 Å². The molecule has 6 nitrogen and oxygen atoms in total. The second-order valence-electron chi connectivity index (χ2n) is 4.88. The number of Topliss-reactive ketones (excluding diaryl/α,β-unsaturated/α-hetero) is 1. The smallest absolute Gasteiger partial charge is 0.333 e. The van der Waals surface area contributed by atoms with E-state index >= 15 is 0 Å². The van der Waals surface area contributed by atoms with E-state index in [9.17, 15) is 14.4 Å². The van der Waals surface area contributed by atoms with Gasteiger partial charge in [0.05, 0.1) is 21.3 Å². The van der Waals surface area contributed by atoms with Gasteiger partial charge in [-0.15, -0.1) is 0 Å². The Labute approximate surface area is 135 Å². The number of carbonyl (C=O) groups excluding carboxylic acids is 3. The summed E-state index contributed by atoms with van der Waals surface area (Å²) in [4.78, 5) is 36.0. The van der Waals surface area contributed by atoms with E-state index in [0.717, 1.165) is 0 Å². The van der Waals surface area contributed by atoms with Crippen molar-refractivity contribution >= 4 is 17.7 Å². The first-order chi connectivity index (χ1) is 10.9. The largest absolute Gasteiger partial charge is 0.497 e. The molecule has 0 radical (unpaired) electrons. The van der Waals surface area contributed by atoms with E-state index in [1.54, 1.807) is 24.3 Å². The summed E-state index contributed by atoms with van der Waals surface area (Å²) in [6.45, 7) is 4.97. The molecule has 0 saturated carbocycles. The molecule has 0 saturated heterocycles. The molecule has 1 rings (SSSR count). The summed E-state index contributed by atoms with van der Waals surface area (Å²) in [5, 5.41) is 0. The summed E-state index contributed by atoms with van der Waals surface area (Å²) in [6.07, 6.45) is 0. The van der Waals surface area contributed by atoms with Crippen LogP contribution in [0, 0.1) is 5.92 Å². The van der Waals surface area contributed by atoms with E-state index in [0.29, 0.717) is 11.3 Å². The first-order valence-electron chi connectivity index (χ1n) is 6.86. The monoisotopic (exact) mass is 320 g/mol. The van der Waals surface area contributed by atoms with Gasteiger partial charge in [-0.1, -0.05) is 18.7 Å². The van der Waals surface area contributed by atoms with Gasteiger partial charge in [0, 0.05) is 11.5 Å². The Morgan fingerprint density at radius 2 is 1.74 bits per heavy atom. The number of hydrogen-bond acceptors (Lipinski definition) is 6. The molecule has 1 aromatic carbocycles. The van der Waals surface area contributed by atoms with Crippen LogP contribution in [0.3, 0.4) is 0 Å². The van der Waals surface area contributed by atoms with Crippen LogP contribution in [0.1, 0.15) is 18.4 Å². The fraction of sp³-hybridized carbons (Fsp3) is 0.353. The lowest BCUT2D eigenvalue weighted by Crippen LogP contribution is -2.32. The molecule has 1 aromatic rings. The van der Waals surface area contributed by atoms with Gasteiger partial charge in [0.25, 0.3) is 0 Å². The molecule has 2 unspecified atom stereocenters. The number of rotatable bonds is 7. The highest BCUT2D eigenvalue weighted by molar-refractivity contribution is 6.02. The SMILES string of the molecule is C=C(C(=O)OC)C(c1cccc(OC)c1)C(C(C)=O)C(=O)OC. The molecule has 0 spiro atoms. The summed E-state index contributed by atoms with van der Waals surface area (Å²) in [5.41, 5.74) is 0.525. The normalized spacial score (nSPS) is 12.7. The fourth-order valence-corrected chi connectivity index (χ4v) is 2.35. The van der Waals surface area contributed by atoms with E-state index in [4.69, 9.17) is 9.47 Å². The first kappa shape index (κ1) is 18.4. The molecule has 0 fully saturated rings. The van der Waals surface area contributed by atoms with Gasteiger partial charge in [-0.25, -0.2) is 4.79 Å². The van der Waals surface area contributed by atoms with E-state index in [1.807, 2.05) is 0 Å². The zero-order valence-corrected chi connectivity index (χ0v) is 13.6. The third-order valence-corrected chi connectivity index (χ3v) is 3.50. The second-order valence-corrected chi connectivity index (χ2v) is 4.88. The van der Waals surface area contributed by atoms with Gasteiger partial charge in [-0.3, -0.25) is 9.59 Å². The van der Waals surface area contributed by atoms with Crippen molar-refractivity contribution in [1.82, 2.24) is 0 Å². The Morgan fingerprint density at radius 3 is 2.22 bits per heavy atom. The van der Waals surface area contributed by atoms with Crippen LogP contribution < -0.4 is 4.74 Å². The van der Waals surface area contributed by atoms with Crippen LogP contribution in [0.4, 0.5) is 0 Å². The minimum Gasteiger partial charge on any atom is -0.497 e. The fourth-order valence-electron chi connectivity index (χ4n) is 2.35. The van der Waals surface area contributed by atoms with Crippen LogP contribution in [0.2, 0.25) is 0 Å². The zero-order valence-electron chi connectivity index (χ0n) is 13.6. The van der Waals surface area contributed by atoms with Crippen molar-refractivity contribution in [3.8, 4) is 5.75 Å².